The van der Waals surface area contributed by atoms with Gasteiger partial charge >= 0.3 is 16.4 Å². The highest BCUT2D eigenvalue weighted by Crippen LogP contribution is 2.25. The van der Waals surface area contributed by atoms with E-state index < -0.39 is 40.4 Å². The Balaban J connectivity index is 2.90. The van der Waals surface area contributed by atoms with Gasteiger partial charge in [-0.3, -0.25) is 4.55 Å². The van der Waals surface area contributed by atoms with Crippen LogP contribution in [0.2, 0.25) is 0 Å². The molecule has 1 aromatic carbocycles. The Morgan fingerprint density at radius 2 is 1.89 bits per heavy atom. The van der Waals surface area contributed by atoms with Crippen molar-refractivity contribution in [3.63, 3.8) is 0 Å². The van der Waals surface area contributed by atoms with Crippen LogP contribution in [0.25, 0.3) is 0 Å². The molecule has 1 aromatic rings. The van der Waals surface area contributed by atoms with E-state index in [-0.39, 0.29) is 5.56 Å². The molecule has 0 aliphatic heterocycles. The average Bonchev–Trinajstić information content (AvgIpc) is 2.20. The summed E-state index contributed by atoms with van der Waals surface area (Å²) < 4.78 is 33.2. The number of phenolic OH excluding ortho intramolecular Hbond substituents is 2. The summed E-state index contributed by atoms with van der Waals surface area (Å²) in [4.78, 5) is 10.7. The van der Waals surface area contributed by atoms with Crippen LogP contribution in [-0.2, 0) is 25.8 Å². The van der Waals surface area contributed by atoms with Crippen molar-refractivity contribution < 1.29 is 37.3 Å². The molecule has 0 aromatic heterocycles. The molecule has 0 saturated heterocycles. The second-order valence-corrected chi connectivity index (χ2v) is 4.43. The molecule has 9 heteroatoms. The van der Waals surface area contributed by atoms with E-state index in [1.54, 1.807) is 0 Å². The fraction of sp³-hybridized carbons (Fsp3) is 0.222. The van der Waals surface area contributed by atoms with E-state index in [9.17, 15) is 18.3 Å². The summed E-state index contributed by atoms with van der Waals surface area (Å²) in [6.45, 7) is 0. The SMILES string of the molecule is O=C(O)C(Cc1ccc(O)c(O)c1)OS(=O)(=O)O. The maximum absolute atomic E-state index is 10.7. The number of carboxylic acids is 1. The first kappa shape index (κ1) is 14.2. The zero-order valence-corrected chi connectivity index (χ0v) is 9.66. The van der Waals surface area contributed by atoms with Crippen molar-refractivity contribution in [2.75, 3.05) is 0 Å². The van der Waals surface area contributed by atoms with Crippen LogP contribution in [0.15, 0.2) is 18.2 Å². The summed E-state index contributed by atoms with van der Waals surface area (Å²) in [7, 11) is -4.90. The molecule has 1 atom stereocenters. The molecule has 0 radical (unpaired) electrons. The Hall–Kier alpha value is -1.84. The van der Waals surface area contributed by atoms with Crippen LogP contribution in [0.4, 0.5) is 0 Å². The fourth-order valence-electron chi connectivity index (χ4n) is 1.22. The van der Waals surface area contributed by atoms with Crippen molar-refractivity contribution in [2.45, 2.75) is 12.5 Å². The molecule has 0 fully saturated rings. The topological polar surface area (TPSA) is 141 Å². The summed E-state index contributed by atoms with van der Waals surface area (Å²) in [6.07, 6.45) is -2.24. The largest absolute Gasteiger partial charge is 0.504 e. The fourth-order valence-corrected chi connectivity index (χ4v) is 1.66. The van der Waals surface area contributed by atoms with Gasteiger partial charge in [0, 0.05) is 6.42 Å². The molecule has 0 saturated carbocycles. The molecule has 1 rings (SSSR count). The van der Waals surface area contributed by atoms with Gasteiger partial charge < -0.3 is 15.3 Å². The van der Waals surface area contributed by atoms with Gasteiger partial charge in [0.2, 0.25) is 0 Å². The Labute approximate surface area is 102 Å². The summed E-state index contributed by atoms with van der Waals surface area (Å²) in [5.41, 5.74) is 0.210. The number of hydrogen-bond donors (Lipinski definition) is 4. The number of carbonyl (C=O) groups is 1. The predicted octanol–water partition coefficient (Wildman–Crippen LogP) is -0.0871. The zero-order valence-electron chi connectivity index (χ0n) is 8.85. The maximum atomic E-state index is 10.7. The Morgan fingerprint density at radius 3 is 2.33 bits per heavy atom. The van der Waals surface area contributed by atoms with E-state index in [2.05, 4.69) is 4.18 Å². The minimum Gasteiger partial charge on any atom is -0.504 e. The van der Waals surface area contributed by atoms with E-state index in [0.717, 1.165) is 12.1 Å². The molecule has 1 unspecified atom stereocenters. The number of hydrogen-bond acceptors (Lipinski definition) is 6. The smallest absolute Gasteiger partial charge is 0.398 e. The van der Waals surface area contributed by atoms with Crippen LogP contribution in [-0.4, -0.2) is 40.4 Å². The first-order valence-corrected chi connectivity index (χ1v) is 5.95. The quantitative estimate of drug-likeness (QED) is 0.432. The van der Waals surface area contributed by atoms with Crippen molar-refractivity contribution >= 4 is 16.4 Å². The second kappa shape index (κ2) is 5.21. The van der Waals surface area contributed by atoms with Crippen molar-refractivity contribution in [1.82, 2.24) is 0 Å². The minimum atomic E-state index is -4.90. The maximum Gasteiger partial charge on any atom is 0.398 e. The molecule has 0 aliphatic rings. The molecule has 0 spiro atoms. The Bertz CT molecular complexity index is 550. The number of aromatic hydroxyl groups is 2. The van der Waals surface area contributed by atoms with E-state index in [0.29, 0.717) is 0 Å². The van der Waals surface area contributed by atoms with Gasteiger partial charge in [0.1, 0.15) is 0 Å². The highest BCUT2D eigenvalue weighted by molar-refractivity contribution is 7.80. The van der Waals surface area contributed by atoms with Crippen molar-refractivity contribution in [2.24, 2.45) is 0 Å². The summed E-state index contributed by atoms with van der Waals surface area (Å²) >= 11 is 0. The number of phenols is 2. The van der Waals surface area contributed by atoms with Gasteiger partial charge in [0.15, 0.2) is 17.6 Å². The number of aliphatic carboxylic acids is 1. The van der Waals surface area contributed by atoms with Gasteiger partial charge in [-0.2, -0.15) is 8.42 Å². The number of rotatable bonds is 5. The third-order valence-electron chi connectivity index (χ3n) is 1.97. The normalized spacial score (nSPS) is 13.2. The lowest BCUT2D eigenvalue weighted by atomic mass is 10.1. The lowest BCUT2D eigenvalue weighted by Crippen LogP contribution is -2.29. The number of benzene rings is 1. The van der Waals surface area contributed by atoms with Gasteiger partial charge in [0.25, 0.3) is 0 Å². The molecular formula is C9H10O8S. The molecule has 0 aliphatic carbocycles. The lowest BCUT2D eigenvalue weighted by molar-refractivity contribution is -0.145. The molecule has 100 valence electrons. The van der Waals surface area contributed by atoms with E-state index in [1.165, 1.54) is 6.07 Å². The lowest BCUT2D eigenvalue weighted by Gasteiger charge is -2.11. The Kier molecular flexibility index (Phi) is 4.11. The van der Waals surface area contributed by atoms with Crippen molar-refractivity contribution in [1.29, 1.82) is 0 Å². The van der Waals surface area contributed by atoms with Crippen molar-refractivity contribution in [3.8, 4) is 11.5 Å². The third-order valence-corrected chi connectivity index (χ3v) is 2.45. The zero-order chi connectivity index (χ0) is 13.9. The van der Waals surface area contributed by atoms with Gasteiger partial charge in [-0.15, -0.1) is 0 Å². The molecule has 8 nitrogen and oxygen atoms in total. The molecule has 0 amide bonds. The van der Waals surface area contributed by atoms with Crippen LogP contribution in [0, 0.1) is 0 Å². The van der Waals surface area contributed by atoms with Gasteiger partial charge in [-0.05, 0) is 17.7 Å². The average molecular weight is 278 g/mol. The standard InChI is InChI=1S/C9H10O8S/c10-6-2-1-5(3-7(6)11)4-8(9(12)13)17-18(14,15)16/h1-3,8,10-11H,4H2,(H,12,13)(H,14,15,16). The highest BCUT2D eigenvalue weighted by atomic mass is 32.3. The second-order valence-electron chi connectivity index (χ2n) is 3.38. The van der Waals surface area contributed by atoms with E-state index in [4.69, 9.17) is 14.8 Å². The van der Waals surface area contributed by atoms with Crippen LogP contribution in [0.5, 0.6) is 11.5 Å². The molecule has 0 bridgehead atoms. The van der Waals surface area contributed by atoms with Crippen LogP contribution < -0.4 is 0 Å². The number of carboxylic acid groups (broad SMARTS) is 1. The monoisotopic (exact) mass is 278 g/mol. The summed E-state index contributed by atoms with van der Waals surface area (Å²) in [5.74, 6) is -2.48. The van der Waals surface area contributed by atoms with Gasteiger partial charge in [-0.25, -0.2) is 8.98 Å². The van der Waals surface area contributed by atoms with E-state index >= 15 is 0 Å². The molecule has 0 heterocycles. The summed E-state index contributed by atoms with van der Waals surface area (Å²) in [5, 5.41) is 26.9. The van der Waals surface area contributed by atoms with E-state index in [1.807, 2.05) is 0 Å². The Morgan fingerprint density at radius 1 is 1.28 bits per heavy atom. The van der Waals surface area contributed by atoms with Crippen LogP contribution in [0.3, 0.4) is 0 Å². The van der Waals surface area contributed by atoms with Crippen LogP contribution in [0.1, 0.15) is 5.56 Å². The first-order valence-electron chi connectivity index (χ1n) is 4.58. The van der Waals surface area contributed by atoms with Gasteiger partial charge in [0.05, 0.1) is 0 Å². The molecule has 4 N–H and O–H groups in total. The third kappa shape index (κ3) is 4.20. The highest BCUT2D eigenvalue weighted by Gasteiger charge is 2.25. The molecule has 18 heavy (non-hydrogen) atoms. The first-order chi connectivity index (χ1) is 8.19. The van der Waals surface area contributed by atoms with Gasteiger partial charge in [-0.1, -0.05) is 6.07 Å². The van der Waals surface area contributed by atoms with Crippen LogP contribution >= 0.6 is 0 Å². The summed E-state index contributed by atoms with van der Waals surface area (Å²) in [6, 6.07) is 3.44. The minimum absolute atomic E-state index is 0.210. The van der Waals surface area contributed by atoms with Crippen molar-refractivity contribution in [3.05, 3.63) is 23.8 Å². The molecular weight excluding hydrogens is 268 g/mol. The predicted molar refractivity (Wildman–Crippen MR) is 57.5 cm³/mol.